The number of hydrogen-bond donors (Lipinski definition) is 0. The molecule has 0 N–H and O–H groups in total. The van der Waals surface area contributed by atoms with Gasteiger partial charge < -0.3 is 14.4 Å². The Hall–Kier alpha value is -1.50. The predicted octanol–water partition coefficient (Wildman–Crippen LogP) is 1.23. The molecule has 3 rings (SSSR count). The van der Waals surface area contributed by atoms with Crippen LogP contribution in [0.25, 0.3) is 0 Å². The first kappa shape index (κ1) is 17.3. The number of carbonyl (C=O) groups excluding carboxylic acids is 1. The zero-order valence-corrected chi connectivity index (χ0v) is 14.8. The molecule has 6 nitrogen and oxygen atoms in total. The molecule has 24 heavy (non-hydrogen) atoms. The van der Waals surface area contributed by atoms with Crippen LogP contribution in [-0.4, -0.2) is 72.8 Å². The van der Waals surface area contributed by atoms with E-state index < -0.39 is 0 Å². The van der Waals surface area contributed by atoms with Gasteiger partial charge in [-0.3, -0.25) is 14.7 Å². The van der Waals surface area contributed by atoms with Crippen molar-refractivity contribution < 1.29 is 14.3 Å². The largest absolute Gasteiger partial charge is 0.372 e. The number of likely N-dealkylation sites (tertiary alicyclic amines) is 1. The quantitative estimate of drug-likeness (QED) is 0.811. The lowest BCUT2D eigenvalue weighted by Gasteiger charge is -2.53. The third kappa shape index (κ3) is 4.12. The highest BCUT2D eigenvalue weighted by Crippen LogP contribution is 2.35. The lowest BCUT2D eigenvalue weighted by atomic mass is 9.84. The van der Waals surface area contributed by atoms with E-state index in [4.69, 9.17) is 9.47 Å². The lowest BCUT2D eigenvalue weighted by Crippen LogP contribution is -2.65. The topological polar surface area (TPSA) is 54.9 Å². The molecule has 3 heterocycles. The van der Waals surface area contributed by atoms with Crippen molar-refractivity contribution in [1.82, 2.24) is 14.8 Å². The fourth-order valence-corrected chi connectivity index (χ4v) is 3.46. The average Bonchev–Trinajstić information content (AvgIpc) is 2.51. The number of hydrogen-bond acceptors (Lipinski definition) is 5. The van der Waals surface area contributed by atoms with Crippen LogP contribution < -0.4 is 0 Å². The van der Waals surface area contributed by atoms with E-state index >= 15 is 0 Å². The molecule has 0 saturated carbocycles. The van der Waals surface area contributed by atoms with E-state index in [1.807, 2.05) is 13.0 Å². The summed E-state index contributed by atoms with van der Waals surface area (Å²) in [7, 11) is 3.50. The Labute approximate surface area is 143 Å². The highest BCUT2D eigenvalue weighted by molar-refractivity contribution is 5.76. The fraction of sp³-hybridized carbons (Fsp3) is 0.667. The predicted molar refractivity (Wildman–Crippen MR) is 90.6 cm³/mol. The SMILES string of the molecule is Cc1cccc(CN2CC3(CC(OCC(=O)N(C)C)CCO3)C2)n1. The first-order valence-electron chi connectivity index (χ1n) is 8.56. The number of amides is 1. The molecule has 0 aliphatic carbocycles. The van der Waals surface area contributed by atoms with Crippen molar-refractivity contribution in [3.8, 4) is 0 Å². The Morgan fingerprint density at radius 3 is 2.96 bits per heavy atom. The van der Waals surface area contributed by atoms with E-state index in [1.165, 1.54) is 0 Å². The van der Waals surface area contributed by atoms with Gasteiger partial charge in [0.2, 0.25) is 5.91 Å². The van der Waals surface area contributed by atoms with Crippen LogP contribution in [-0.2, 0) is 20.8 Å². The number of rotatable bonds is 5. The van der Waals surface area contributed by atoms with Crippen LogP contribution in [0.15, 0.2) is 18.2 Å². The smallest absolute Gasteiger partial charge is 0.248 e. The molecular formula is C18H27N3O3. The first-order valence-corrected chi connectivity index (χ1v) is 8.56. The molecule has 1 aromatic rings. The van der Waals surface area contributed by atoms with Crippen LogP contribution in [0.1, 0.15) is 24.2 Å². The molecule has 2 fully saturated rings. The molecule has 2 saturated heterocycles. The number of likely N-dealkylation sites (N-methyl/N-ethyl adjacent to an activating group) is 1. The third-order valence-electron chi connectivity index (χ3n) is 4.74. The van der Waals surface area contributed by atoms with Gasteiger partial charge in [0.1, 0.15) is 6.61 Å². The first-order chi connectivity index (χ1) is 11.5. The second-order valence-electron chi connectivity index (χ2n) is 7.16. The Morgan fingerprint density at radius 2 is 2.25 bits per heavy atom. The lowest BCUT2D eigenvalue weighted by molar-refractivity contribution is -0.200. The van der Waals surface area contributed by atoms with E-state index in [0.29, 0.717) is 6.61 Å². The van der Waals surface area contributed by atoms with E-state index in [9.17, 15) is 4.79 Å². The molecule has 132 valence electrons. The van der Waals surface area contributed by atoms with Crippen LogP contribution in [0.5, 0.6) is 0 Å². The van der Waals surface area contributed by atoms with Crippen LogP contribution in [0.3, 0.4) is 0 Å². The van der Waals surface area contributed by atoms with E-state index in [2.05, 4.69) is 22.0 Å². The van der Waals surface area contributed by atoms with Gasteiger partial charge in [-0.25, -0.2) is 0 Å². The number of pyridine rings is 1. The van der Waals surface area contributed by atoms with E-state index in [-0.39, 0.29) is 24.2 Å². The molecule has 0 bridgehead atoms. The molecule has 1 atom stereocenters. The van der Waals surface area contributed by atoms with Crippen LogP contribution in [0, 0.1) is 6.92 Å². The summed E-state index contributed by atoms with van der Waals surface area (Å²) >= 11 is 0. The van der Waals surface area contributed by atoms with Gasteiger partial charge in [0.05, 0.1) is 17.4 Å². The minimum Gasteiger partial charge on any atom is -0.372 e. The van der Waals surface area contributed by atoms with Crippen LogP contribution in [0.4, 0.5) is 0 Å². The van der Waals surface area contributed by atoms with E-state index in [1.54, 1.807) is 19.0 Å². The summed E-state index contributed by atoms with van der Waals surface area (Å²) < 4.78 is 11.8. The molecule has 2 aliphatic heterocycles. The maximum atomic E-state index is 11.7. The van der Waals surface area contributed by atoms with Gasteiger partial charge in [0, 0.05) is 52.5 Å². The highest BCUT2D eigenvalue weighted by atomic mass is 16.5. The van der Waals surface area contributed by atoms with Crippen molar-refractivity contribution in [3.05, 3.63) is 29.6 Å². The second kappa shape index (κ2) is 7.17. The van der Waals surface area contributed by atoms with Gasteiger partial charge in [0.25, 0.3) is 0 Å². The maximum absolute atomic E-state index is 11.7. The maximum Gasteiger partial charge on any atom is 0.248 e. The average molecular weight is 333 g/mol. The van der Waals surface area contributed by atoms with Crippen molar-refractivity contribution in [2.45, 2.75) is 38.0 Å². The zero-order chi connectivity index (χ0) is 17.2. The second-order valence-corrected chi connectivity index (χ2v) is 7.16. The van der Waals surface area contributed by atoms with Gasteiger partial charge in [-0.15, -0.1) is 0 Å². The van der Waals surface area contributed by atoms with Crippen molar-refractivity contribution >= 4 is 5.91 Å². The van der Waals surface area contributed by atoms with Crippen molar-refractivity contribution in [1.29, 1.82) is 0 Å². The molecule has 2 aliphatic rings. The fourth-order valence-electron chi connectivity index (χ4n) is 3.46. The molecule has 6 heteroatoms. The summed E-state index contributed by atoms with van der Waals surface area (Å²) in [6.45, 7) is 5.55. The van der Waals surface area contributed by atoms with E-state index in [0.717, 1.165) is 43.9 Å². The molecule has 1 amide bonds. The van der Waals surface area contributed by atoms with Gasteiger partial charge in [-0.2, -0.15) is 0 Å². The van der Waals surface area contributed by atoms with Crippen molar-refractivity contribution in [2.24, 2.45) is 0 Å². The summed E-state index contributed by atoms with van der Waals surface area (Å²) in [6.07, 6.45) is 1.84. The Balaban J connectivity index is 1.47. The molecule has 1 aromatic heterocycles. The van der Waals surface area contributed by atoms with Gasteiger partial charge in [-0.05, 0) is 25.5 Å². The zero-order valence-electron chi connectivity index (χ0n) is 14.8. The molecule has 0 aromatic carbocycles. The van der Waals surface area contributed by atoms with Crippen LogP contribution in [0.2, 0.25) is 0 Å². The van der Waals surface area contributed by atoms with Gasteiger partial charge in [0.15, 0.2) is 0 Å². The van der Waals surface area contributed by atoms with Gasteiger partial charge >= 0.3 is 0 Å². The summed E-state index contributed by atoms with van der Waals surface area (Å²) in [5, 5.41) is 0. The summed E-state index contributed by atoms with van der Waals surface area (Å²) in [4.78, 5) is 20.1. The number of aromatic nitrogens is 1. The van der Waals surface area contributed by atoms with Crippen LogP contribution >= 0.6 is 0 Å². The summed E-state index contributed by atoms with van der Waals surface area (Å²) in [6, 6.07) is 6.14. The minimum atomic E-state index is -0.103. The van der Waals surface area contributed by atoms with Crippen molar-refractivity contribution in [3.63, 3.8) is 0 Å². The Kier molecular flexibility index (Phi) is 5.18. The molecule has 1 spiro atoms. The number of ether oxygens (including phenoxy) is 2. The standard InChI is InChI=1S/C18H27N3O3/c1-14-5-4-6-15(19-14)10-21-12-18(13-21)9-16(7-8-24-18)23-11-17(22)20(2)3/h4-6,16H,7-13H2,1-3H3. The molecule has 1 unspecified atom stereocenters. The summed E-state index contributed by atoms with van der Waals surface area (Å²) in [5.74, 6) is 0.0105. The number of nitrogens with zero attached hydrogens (tertiary/aromatic N) is 3. The Bertz CT molecular complexity index is 585. The van der Waals surface area contributed by atoms with Gasteiger partial charge in [-0.1, -0.05) is 6.07 Å². The normalized spacial score (nSPS) is 23.0. The third-order valence-corrected chi connectivity index (χ3v) is 4.74. The molecule has 0 radical (unpaired) electrons. The monoisotopic (exact) mass is 333 g/mol. The summed E-state index contributed by atoms with van der Waals surface area (Å²) in [5.41, 5.74) is 2.05. The highest BCUT2D eigenvalue weighted by Gasteiger charge is 2.47. The molecular weight excluding hydrogens is 306 g/mol. The Morgan fingerprint density at radius 1 is 1.46 bits per heavy atom. The number of aryl methyl sites for hydroxylation is 1. The van der Waals surface area contributed by atoms with Crippen molar-refractivity contribution in [2.75, 3.05) is 40.4 Å². The number of carbonyl (C=O) groups is 1. The minimum absolute atomic E-state index is 0.0105.